The molecule has 0 unspecified atom stereocenters. The number of benzene rings is 3. The zero-order chi connectivity index (χ0) is 26.0. The second-order valence-corrected chi connectivity index (χ2v) is 8.30. The smallest absolute Gasteiger partial charge is 0.336 e. The molecule has 1 aliphatic heterocycles. The van der Waals surface area contributed by atoms with E-state index in [4.69, 9.17) is 10.2 Å². The number of aromatic carboxylic acids is 1. The van der Waals surface area contributed by atoms with Gasteiger partial charge in [0.25, 0.3) is 0 Å². The summed E-state index contributed by atoms with van der Waals surface area (Å²) in [7, 11) is 0. The van der Waals surface area contributed by atoms with Gasteiger partial charge in [0.15, 0.2) is 5.43 Å². The normalized spacial score (nSPS) is 11.8. The fourth-order valence-electron chi connectivity index (χ4n) is 3.75. The number of thiol groups is 1. The molecule has 1 atom stereocenters. The van der Waals surface area contributed by atoms with Crippen LogP contribution in [-0.2, 0) is 9.59 Å². The van der Waals surface area contributed by atoms with Crippen molar-refractivity contribution in [1.82, 2.24) is 5.32 Å². The molecule has 2 aromatic carbocycles. The van der Waals surface area contributed by atoms with Crippen LogP contribution in [0.25, 0.3) is 33.4 Å². The van der Waals surface area contributed by atoms with Gasteiger partial charge in [0.05, 0.1) is 18.2 Å². The van der Waals surface area contributed by atoms with Crippen LogP contribution >= 0.6 is 12.6 Å². The van der Waals surface area contributed by atoms with E-state index in [0.717, 1.165) is 0 Å². The highest BCUT2D eigenvalue weighted by molar-refractivity contribution is 7.80. The second kappa shape index (κ2) is 10.1. The topological polar surface area (TPSA) is 172 Å². The lowest BCUT2D eigenvalue weighted by molar-refractivity contribution is -0.124. The minimum absolute atomic E-state index is 0.0613. The number of carbonyl (C=O) groups excluding carboxylic acids is 2. The molecule has 0 saturated heterocycles. The van der Waals surface area contributed by atoms with Gasteiger partial charge in [-0.1, -0.05) is 6.07 Å². The van der Waals surface area contributed by atoms with Gasteiger partial charge >= 0.3 is 5.97 Å². The molecule has 0 saturated carbocycles. The Morgan fingerprint density at radius 2 is 1.78 bits per heavy atom. The van der Waals surface area contributed by atoms with Crippen LogP contribution in [0.1, 0.15) is 10.4 Å². The number of anilines is 1. The highest BCUT2D eigenvalue weighted by atomic mass is 32.1. The van der Waals surface area contributed by atoms with E-state index in [9.17, 15) is 29.4 Å². The molecule has 0 radical (unpaired) electrons. The lowest BCUT2D eigenvalue weighted by atomic mass is 9.90. The van der Waals surface area contributed by atoms with Gasteiger partial charge in [0.2, 0.25) is 11.8 Å². The van der Waals surface area contributed by atoms with Crippen LogP contribution in [0.2, 0.25) is 0 Å². The van der Waals surface area contributed by atoms with Gasteiger partial charge < -0.3 is 31.0 Å². The zero-order valence-electron chi connectivity index (χ0n) is 18.6. The number of carboxylic acids is 1. The predicted molar refractivity (Wildman–Crippen MR) is 137 cm³/mol. The molecule has 0 aromatic heterocycles. The van der Waals surface area contributed by atoms with Crippen LogP contribution in [0.4, 0.5) is 5.69 Å². The first-order chi connectivity index (χ1) is 17.2. The average Bonchev–Trinajstić information content (AvgIpc) is 2.85. The van der Waals surface area contributed by atoms with Gasteiger partial charge in [0.1, 0.15) is 17.1 Å². The SMILES string of the molecule is N[C@@H](CS)C(=O)NCC(=O)Nc1ccc(-c2c3ccc(=O)cc-3oc3cc(O)ccc23)c(C(=O)O)c1. The third-order valence-electron chi connectivity index (χ3n) is 5.44. The van der Waals surface area contributed by atoms with Gasteiger partial charge in [-0.3, -0.25) is 14.4 Å². The van der Waals surface area contributed by atoms with Gasteiger partial charge in [-0.05, 0) is 42.0 Å². The van der Waals surface area contributed by atoms with E-state index < -0.39 is 23.8 Å². The molecule has 1 heterocycles. The number of carbonyl (C=O) groups is 3. The second-order valence-electron chi connectivity index (χ2n) is 7.94. The standard InChI is InChI=1S/C25H21N3O7S/c26-19(11-36)24(32)27-10-22(31)28-12-1-4-15(18(7-12)25(33)34)23-16-5-2-13(29)8-20(16)35-21-9-14(30)3-6-17(21)23/h1-9,19,29,36H,10-11,26H2,(H,27,32)(H,28,31)(H,33,34)/t19-/m0/s1. The Kier molecular flexibility index (Phi) is 6.95. The van der Waals surface area contributed by atoms with Crippen LogP contribution in [0.5, 0.6) is 5.75 Å². The third kappa shape index (κ3) is 5.02. The first-order valence-corrected chi connectivity index (χ1v) is 11.3. The van der Waals surface area contributed by atoms with Gasteiger partial charge in [-0.15, -0.1) is 0 Å². The van der Waals surface area contributed by atoms with E-state index in [-0.39, 0.29) is 46.1 Å². The fraction of sp³-hybridized carbons (Fsp3) is 0.120. The maximum Gasteiger partial charge on any atom is 0.336 e. The molecule has 0 spiro atoms. The van der Waals surface area contributed by atoms with Crippen molar-refractivity contribution in [2.45, 2.75) is 6.04 Å². The zero-order valence-corrected chi connectivity index (χ0v) is 19.5. The molecular weight excluding hydrogens is 486 g/mol. The molecule has 10 nitrogen and oxygen atoms in total. The van der Waals surface area contributed by atoms with Gasteiger partial charge in [-0.2, -0.15) is 12.6 Å². The van der Waals surface area contributed by atoms with Crippen molar-refractivity contribution >= 4 is 47.1 Å². The molecule has 1 aliphatic carbocycles. The number of hydrogen-bond acceptors (Lipinski definition) is 8. The molecule has 36 heavy (non-hydrogen) atoms. The van der Waals surface area contributed by atoms with E-state index in [1.165, 1.54) is 42.5 Å². The Morgan fingerprint density at radius 1 is 1.03 bits per heavy atom. The molecule has 0 fully saturated rings. The van der Waals surface area contributed by atoms with E-state index >= 15 is 0 Å². The van der Waals surface area contributed by atoms with Crippen molar-refractivity contribution < 1.29 is 29.0 Å². The van der Waals surface area contributed by atoms with Gasteiger partial charge in [-0.25, -0.2) is 4.79 Å². The van der Waals surface area contributed by atoms with Crippen molar-refractivity contribution in [2.75, 3.05) is 17.6 Å². The fourth-order valence-corrected chi connectivity index (χ4v) is 3.92. The summed E-state index contributed by atoms with van der Waals surface area (Å²) in [6.45, 7) is -0.360. The highest BCUT2D eigenvalue weighted by Gasteiger charge is 2.22. The highest BCUT2D eigenvalue weighted by Crippen LogP contribution is 2.42. The summed E-state index contributed by atoms with van der Waals surface area (Å²) in [5.74, 6) is -2.10. The number of phenols is 1. The number of nitrogens with one attached hydrogen (secondary N) is 2. The molecule has 6 N–H and O–H groups in total. The molecule has 2 amide bonds. The Bertz CT molecular complexity index is 1530. The van der Waals surface area contributed by atoms with E-state index in [1.807, 2.05) is 0 Å². The maximum absolute atomic E-state index is 12.3. The summed E-state index contributed by atoms with van der Waals surface area (Å²) in [6.07, 6.45) is 0. The number of fused-ring (bicyclic) bond motifs is 2. The van der Waals surface area contributed by atoms with E-state index in [1.54, 1.807) is 12.1 Å². The van der Waals surface area contributed by atoms with Crippen LogP contribution < -0.4 is 21.8 Å². The Hall–Kier alpha value is -4.35. The monoisotopic (exact) mass is 507 g/mol. The van der Waals surface area contributed by atoms with Crippen molar-refractivity contribution in [3.05, 3.63) is 70.4 Å². The number of aromatic hydroxyl groups is 1. The Morgan fingerprint density at radius 3 is 2.50 bits per heavy atom. The number of nitrogens with two attached hydrogens (primary N) is 1. The number of hydrogen-bond donors (Lipinski definition) is 6. The first kappa shape index (κ1) is 24.8. The Balaban J connectivity index is 1.76. The van der Waals surface area contributed by atoms with Crippen LogP contribution in [0.15, 0.2) is 63.8 Å². The number of amides is 2. The maximum atomic E-state index is 12.3. The van der Waals surface area contributed by atoms with Crippen LogP contribution in [0, 0.1) is 0 Å². The van der Waals surface area contributed by atoms with Crippen LogP contribution in [0.3, 0.4) is 0 Å². The lowest BCUT2D eigenvalue weighted by Crippen LogP contribution is -2.44. The number of carboxylic acid groups (broad SMARTS) is 1. The molecule has 184 valence electrons. The van der Waals surface area contributed by atoms with E-state index in [0.29, 0.717) is 22.1 Å². The van der Waals surface area contributed by atoms with Crippen LogP contribution in [-0.4, -0.2) is 46.3 Å². The lowest BCUT2D eigenvalue weighted by Gasteiger charge is -2.17. The molecule has 0 bridgehead atoms. The summed E-state index contributed by atoms with van der Waals surface area (Å²) >= 11 is 3.93. The minimum atomic E-state index is -1.25. The van der Waals surface area contributed by atoms with Gasteiger partial charge in [0, 0.05) is 40.1 Å². The number of rotatable bonds is 7. The van der Waals surface area contributed by atoms with Crippen molar-refractivity contribution in [1.29, 1.82) is 0 Å². The third-order valence-corrected chi connectivity index (χ3v) is 5.83. The molecule has 2 aromatic rings. The van der Waals surface area contributed by atoms with Crippen molar-refractivity contribution in [2.24, 2.45) is 5.73 Å². The summed E-state index contributed by atoms with van der Waals surface area (Å²) in [5.41, 5.74) is 6.87. The predicted octanol–water partition coefficient (Wildman–Crippen LogP) is 2.28. The summed E-state index contributed by atoms with van der Waals surface area (Å²) < 4.78 is 5.81. The van der Waals surface area contributed by atoms with E-state index in [2.05, 4.69) is 23.3 Å². The molecule has 2 aliphatic rings. The van der Waals surface area contributed by atoms with Crippen molar-refractivity contribution in [3.8, 4) is 28.2 Å². The quantitative estimate of drug-likeness (QED) is 0.163. The first-order valence-electron chi connectivity index (χ1n) is 10.7. The summed E-state index contributed by atoms with van der Waals surface area (Å²) in [5, 5.41) is 25.3. The Labute approximate surface area is 209 Å². The molecular formula is C25H21N3O7S. The minimum Gasteiger partial charge on any atom is -0.508 e. The average molecular weight is 508 g/mol. The molecule has 4 rings (SSSR count). The molecule has 11 heteroatoms. The largest absolute Gasteiger partial charge is 0.508 e. The summed E-state index contributed by atoms with van der Waals surface area (Å²) in [6, 6.07) is 12.1. The summed E-state index contributed by atoms with van der Waals surface area (Å²) in [4.78, 5) is 48.2. The van der Waals surface area contributed by atoms with Crippen molar-refractivity contribution in [3.63, 3.8) is 0 Å². The number of phenolic OH excluding ortho intramolecular Hbond substituents is 1.